The quantitative estimate of drug-likeness (QED) is 0.233. The first-order valence-electron chi connectivity index (χ1n) is 8.96. The van der Waals surface area contributed by atoms with Crippen molar-refractivity contribution in [3.63, 3.8) is 0 Å². The van der Waals surface area contributed by atoms with Crippen LogP contribution in [0.5, 0.6) is 5.75 Å². The van der Waals surface area contributed by atoms with Gasteiger partial charge in [0.05, 0.1) is 13.1 Å². The monoisotopic (exact) mass is 538 g/mol. The topological polar surface area (TPSA) is 76.4 Å². The van der Waals surface area contributed by atoms with E-state index in [1.807, 2.05) is 18.5 Å². The molecule has 0 aliphatic heterocycles. The highest BCUT2D eigenvalue weighted by molar-refractivity contribution is 14.0. The summed E-state index contributed by atoms with van der Waals surface area (Å²) in [6.07, 6.45) is -2.73. The molecule has 2 rings (SSSR count). The van der Waals surface area contributed by atoms with Gasteiger partial charge in [0.25, 0.3) is 0 Å². The number of ether oxygens (including phenoxy) is 1. The Labute approximate surface area is 190 Å². The van der Waals surface area contributed by atoms with E-state index in [0.717, 1.165) is 17.2 Å². The zero-order valence-electron chi connectivity index (χ0n) is 17.1. The number of nitrogens with one attached hydrogen (secondary N) is 2. The Morgan fingerprint density at radius 1 is 1.27 bits per heavy atom. The fourth-order valence-corrected chi connectivity index (χ4v) is 2.36. The molecule has 0 unspecified atom stereocenters. The van der Waals surface area contributed by atoms with Crippen molar-refractivity contribution in [3.8, 4) is 5.75 Å². The van der Waals surface area contributed by atoms with Crippen LogP contribution in [0.3, 0.4) is 0 Å². The van der Waals surface area contributed by atoms with Gasteiger partial charge in [0.15, 0.2) is 18.4 Å². The number of hydrogen-bond acceptors (Lipinski definition) is 4. The van der Waals surface area contributed by atoms with Crippen LogP contribution in [-0.4, -0.2) is 40.1 Å². The number of alkyl halides is 3. The van der Waals surface area contributed by atoms with E-state index in [4.69, 9.17) is 4.74 Å². The summed E-state index contributed by atoms with van der Waals surface area (Å²) in [4.78, 5) is 4.45. The standard InChI is InChI=1S/C19H25F3N6O.HI/c1-5-8-23-18(25-11-17-27-26-14(3)28(17)4)24-10-15-7-6-13(2)9-16(15)29-12-19(20,21)22;/h5-7,9H,1,8,10-12H2,2-4H3,(H2,23,24,25);1H. The highest BCUT2D eigenvalue weighted by Gasteiger charge is 2.28. The van der Waals surface area contributed by atoms with Gasteiger partial charge >= 0.3 is 6.18 Å². The summed E-state index contributed by atoms with van der Waals surface area (Å²) in [5.74, 6) is 2.14. The zero-order chi connectivity index (χ0) is 21.4. The molecule has 1 aromatic heterocycles. The van der Waals surface area contributed by atoms with Crippen molar-refractivity contribution in [2.24, 2.45) is 12.0 Å². The Kier molecular flexibility index (Phi) is 10.1. The zero-order valence-corrected chi connectivity index (χ0v) is 19.4. The van der Waals surface area contributed by atoms with Gasteiger partial charge < -0.3 is 19.9 Å². The van der Waals surface area contributed by atoms with Gasteiger partial charge in [-0.05, 0) is 25.5 Å². The largest absolute Gasteiger partial charge is 0.484 e. The molecule has 166 valence electrons. The summed E-state index contributed by atoms with van der Waals surface area (Å²) in [6.45, 7) is 6.93. The molecule has 11 heteroatoms. The highest BCUT2D eigenvalue weighted by atomic mass is 127. The van der Waals surface area contributed by atoms with Crippen molar-refractivity contribution in [1.29, 1.82) is 0 Å². The lowest BCUT2D eigenvalue weighted by atomic mass is 10.1. The van der Waals surface area contributed by atoms with Gasteiger partial charge in [-0.1, -0.05) is 18.2 Å². The minimum atomic E-state index is -4.41. The molecule has 7 nitrogen and oxygen atoms in total. The minimum Gasteiger partial charge on any atom is -0.484 e. The van der Waals surface area contributed by atoms with E-state index >= 15 is 0 Å². The fraction of sp³-hybridized carbons (Fsp3) is 0.421. The molecular weight excluding hydrogens is 512 g/mol. The summed E-state index contributed by atoms with van der Waals surface area (Å²) in [5, 5.41) is 14.3. The van der Waals surface area contributed by atoms with E-state index in [-0.39, 0.29) is 36.3 Å². The van der Waals surface area contributed by atoms with Gasteiger partial charge in [-0.3, -0.25) is 0 Å². The molecule has 0 aliphatic carbocycles. The molecule has 2 aromatic rings. The van der Waals surface area contributed by atoms with Crippen LogP contribution >= 0.6 is 24.0 Å². The molecule has 0 spiro atoms. The minimum absolute atomic E-state index is 0. The van der Waals surface area contributed by atoms with Crippen LogP contribution in [0.1, 0.15) is 22.8 Å². The van der Waals surface area contributed by atoms with E-state index < -0.39 is 12.8 Å². The number of nitrogens with zero attached hydrogens (tertiary/aromatic N) is 4. The number of aryl methyl sites for hydroxylation is 2. The smallest absolute Gasteiger partial charge is 0.422 e. The molecule has 0 atom stereocenters. The number of halogens is 4. The number of aromatic nitrogens is 3. The van der Waals surface area contributed by atoms with E-state index in [1.54, 1.807) is 31.2 Å². The lowest BCUT2D eigenvalue weighted by Crippen LogP contribution is -2.37. The summed E-state index contributed by atoms with van der Waals surface area (Å²) < 4.78 is 44.4. The van der Waals surface area contributed by atoms with E-state index in [2.05, 4.69) is 32.4 Å². The normalized spacial score (nSPS) is 11.6. The Morgan fingerprint density at radius 3 is 2.60 bits per heavy atom. The first kappa shape index (κ1) is 25.7. The van der Waals surface area contributed by atoms with Crippen molar-refractivity contribution in [1.82, 2.24) is 25.4 Å². The summed E-state index contributed by atoms with van der Waals surface area (Å²) in [7, 11) is 1.86. The second-order valence-electron chi connectivity index (χ2n) is 6.43. The molecule has 2 N–H and O–H groups in total. The van der Waals surface area contributed by atoms with Crippen molar-refractivity contribution in [3.05, 3.63) is 53.6 Å². The number of rotatable bonds is 8. The lowest BCUT2D eigenvalue weighted by molar-refractivity contribution is -0.153. The highest BCUT2D eigenvalue weighted by Crippen LogP contribution is 2.24. The maximum absolute atomic E-state index is 12.5. The van der Waals surface area contributed by atoms with Crippen LogP contribution in [0.4, 0.5) is 13.2 Å². The summed E-state index contributed by atoms with van der Waals surface area (Å²) in [6, 6.07) is 5.09. The van der Waals surface area contributed by atoms with Crippen molar-refractivity contribution in [2.45, 2.75) is 33.1 Å². The van der Waals surface area contributed by atoms with Crippen LogP contribution in [-0.2, 0) is 20.1 Å². The van der Waals surface area contributed by atoms with Gasteiger partial charge in [-0.15, -0.1) is 40.8 Å². The molecule has 1 aromatic carbocycles. The van der Waals surface area contributed by atoms with Crippen LogP contribution in [0.15, 0.2) is 35.8 Å². The molecule has 0 aliphatic rings. The molecule has 0 radical (unpaired) electrons. The van der Waals surface area contributed by atoms with Gasteiger partial charge in [0.1, 0.15) is 11.6 Å². The van der Waals surface area contributed by atoms with Crippen LogP contribution < -0.4 is 15.4 Å². The molecule has 30 heavy (non-hydrogen) atoms. The Balaban J connectivity index is 0.00000450. The molecule has 0 bridgehead atoms. The maximum Gasteiger partial charge on any atom is 0.422 e. The van der Waals surface area contributed by atoms with Gasteiger partial charge in [-0.2, -0.15) is 13.2 Å². The van der Waals surface area contributed by atoms with Gasteiger partial charge in [0.2, 0.25) is 0 Å². The Bertz CT molecular complexity index is 866. The number of guanidine groups is 1. The first-order valence-corrected chi connectivity index (χ1v) is 8.96. The van der Waals surface area contributed by atoms with Crippen molar-refractivity contribution in [2.75, 3.05) is 13.2 Å². The number of aliphatic imine (C=N–C) groups is 1. The molecular formula is C19H26F3IN6O. The van der Waals surface area contributed by atoms with E-state index in [0.29, 0.717) is 24.6 Å². The molecule has 0 fully saturated rings. The van der Waals surface area contributed by atoms with Gasteiger partial charge in [-0.25, -0.2) is 4.99 Å². The van der Waals surface area contributed by atoms with Crippen molar-refractivity contribution < 1.29 is 17.9 Å². The average molecular weight is 538 g/mol. The third-order valence-electron chi connectivity index (χ3n) is 4.03. The summed E-state index contributed by atoms with van der Waals surface area (Å²) >= 11 is 0. The molecule has 0 amide bonds. The molecule has 0 saturated carbocycles. The fourth-order valence-electron chi connectivity index (χ4n) is 2.36. The number of benzene rings is 1. The molecule has 1 heterocycles. The van der Waals surface area contributed by atoms with Crippen LogP contribution in [0, 0.1) is 13.8 Å². The Hall–Kier alpha value is -2.31. The lowest BCUT2D eigenvalue weighted by Gasteiger charge is -2.14. The Morgan fingerprint density at radius 2 is 2.00 bits per heavy atom. The number of hydrogen-bond donors (Lipinski definition) is 2. The second kappa shape index (κ2) is 11.8. The average Bonchev–Trinajstić information content (AvgIpc) is 2.98. The predicted octanol–water partition coefficient (Wildman–Crippen LogP) is 3.41. The first-order chi connectivity index (χ1) is 13.7. The second-order valence-corrected chi connectivity index (χ2v) is 6.43. The third kappa shape index (κ3) is 8.20. The van der Waals surface area contributed by atoms with Crippen LogP contribution in [0.2, 0.25) is 0 Å². The maximum atomic E-state index is 12.5. The summed E-state index contributed by atoms with van der Waals surface area (Å²) in [5.41, 5.74) is 1.35. The molecule has 0 saturated heterocycles. The van der Waals surface area contributed by atoms with Crippen LogP contribution in [0.25, 0.3) is 0 Å². The van der Waals surface area contributed by atoms with E-state index in [1.165, 1.54) is 0 Å². The van der Waals surface area contributed by atoms with Gasteiger partial charge in [0, 0.05) is 19.2 Å². The predicted molar refractivity (Wildman–Crippen MR) is 120 cm³/mol. The van der Waals surface area contributed by atoms with E-state index in [9.17, 15) is 13.2 Å². The third-order valence-corrected chi connectivity index (χ3v) is 4.03. The van der Waals surface area contributed by atoms with Crippen molar-refractivity contribution >= 4 is 29.9 Å². The SMILES string of the molecule is C=CCNC(=NCc1ccc(C)cc1OCC(F)(F)F)NCc1nnc(C)n1C.I.